The summed E-state index contributed by atoms with van der Waals surface area (Å²) in [4.78, 5) is 4.26. The van der Waals surface area contributed by atoms with Crippen molar-refractivity contribution < 1.29 is 0 Å². The molecule has 0 aliphatic rings. The number of nitrogens with one attached hydrogen (secondary N) is 2. The normalized spacial score (nSPS) is 14.1. The Labute approximate surface area is 89.6 Å². The lowest BCUT2D eigenvalue weighted by molar-refractivity contribution is 1.28. The van der Waals surface area contributed by atoms with Crippen LogP contribution in [0.2, 0.25) is 39.3 Å². The van der Waals surface area contributed by atoms with Crippen LogP contribution < -0.4 is 5.32 Å². The van der Waals surface area contributed by atoms with Crippen LogP contribution in [0.5, 0.6) is 0 Å². The fraction of sp³-hybridized carbons (Fsp3) is 0.778. The van der Waals surface area contributed by atoms with Crippen LogP contribution in [-0.2, 0) is 0 Å². The molecule has 0 radical (unpaired) electrons. The van der Waals surface area contributed by atoms with Crippen molar-refractivity contribution in [2.24, 2.45) is 4.99 Å². The van der Waals surface area contributed by atoms with Gasteiger partial charge in [-0.15, -0.1) is 0 Å². The molecule has 0 saturated heterocycles. The van der Waals surface area contributed by atoms with E-state index >= 15 is 0 Å². The largest absolute Gasteiger partial charge is 0.341 e. The minimum atomic E-state index is -1.50. The van der Waals surface area contributed by atoms with Gasteiger partial charge in [0.15, 0.2) is 0 Å². The van der Waals surface area contributed by atoms with Crippen molar-refractivity contribution >= 4 is 27.1 Å². The maximum absolute atomic E-state index is 7.95. The van der Waals surface area contributed by atoms with E-state index in [0.717, 1.165) is 5.46 Å². The Bertz CT molecular complexity index is 246. The molecule has 0 aliphatic heterocycles. The molecule has 0 spiro atoms. The maximum Gasteiger partial charge on any atom is 0.122 e. The van der Waals surface area contributed by atoms with E-state index in [1.165, 1.54) is 0 Å². The molecule has 3 nitrogen and oxygen atoms in total. The van der Waals surface area contributed by atoms with Crippen LogP contribution in [0.1, 0.15) is 0 Å². The number of hydrogen-bond acceptors (Lipinski definition) is 2. The summed E-state index contributed by atoms with van der Waals surface area (Å²) in [5.41, 5.74) is 1.71. The molecule has 0 amide bonds. The average molecular weight is 229 g/mol. The quantitative estimate of drug-likeness (QED) is 0.426. The molecule has 5 heteroatoms. The van der Waals surface area contributed by atoms with Crippen LogP contribution >= 0.6 is 0 Å². The molecule has 0 bridgehead atoms. The van der Waals surface area contributed by atoms with E-state index in [0.29, 0.717) is 5.46 Å². The average Bonchev–Trinajstić information content (AvgIpc) is 1.95. The lowest BCUT2D eigenvalue weighted by Crippen LogP contribution is -2.53. The molecule has 14 heavy (non-hydrogen) atoms. The first kappa shape index (κ1) is 13.6. The van der Waals surface area contributed by atoms with Crippen LogP contribution in [0.4, 0.5) is 0 Å². The third kappa shape index (κ3) is 4.19. The van der Waals surface area contributed by atoms with E-state index in [-0.39, 0.29) is 0 Å². The lowest BCUT2D eigenvalue weighted by atomic mass is 11.0. The summed E-state index contributed by atoms with van der Waals surface area (Å²) in [6.07, 6.45) is 0. The summed E-state index contributed by atoms with van der Waals surface area (Å²) in [6, 6.07) is 0. The first-order valence-corrected chi connectivity index (χ1v) is 11.9. The molecule has 0 aromatic carbocycles. The summed E-state index contributed by atoms with van der Waals surface area (Å²) in [6.45, 7) is 13.2. The van der Waals surface area contributed by atoms with E-state index in [4.69, 9.17) is 5.41 Å². The number of rotatable bonds is 2. The van der Waals surface area contributed by atoms with Gasteiger partial charge < -0.3 is 5.32 Å². The standard InChI is InChI=1S/C9H23N3Si2/c1-11-9(14(5,6)7)12-8(10)13(2,3)4/h1-7H3,(H2,10,11,12). The van der Waals surface area contributed by atoms with Crippen LogP contribution in [0.3, 0.4) is 0 Å². The summed E-state index contributed by atoms with van der Waals surface area (Å²) in [7, 11) is -1.11. The zero-order valence-electron chi connectivity index (χ0n) is 10.4. The molecule has 0 aliphatic carbocycles. The summed E-state index contributed by atoms with van der Waals surface area (Å²) >= 11 is 0. The molecular formula is C9H23N3Si2. The Balaban J connectivity index is 4.61. The van der Waals surface area contributed by atoms with E-state index < -0.39 is 16.1 Å². The molecule has 0 heterocycles. The van der Waals surface area contributed by atoms with E-state index in [2.05, 4.69) is 49.6 Å². The van der Waals surface area contributed by atoms with Crippen LogP contribution in [0.15, 0.2) is 4.99 Å². The molecule has 2 N–H and O–H groups in total. The number of aliphatic imine (C=N–C) groups is 1. The van der Waals surface area contributed by atoms with E-state index in [1.807, 2.05) is 0 Å². The lowest BCUT2D eigenvalue weighted by Gasteiger charge is -2.25. The van der Waals surface area contributed by atoms with Gasteiger partial charge >= 0.3 is 0 Å². The van der Waals surface area contributed by atoms with Gasteiger partial charge in [0, 0.05) is 7.05 Å². The van der Waals surface area contributed by atoms with Crippen molar-refractivity contribution in [2.45, 2.75) is 39.3 Å². The first-order chi connectivity index (χ1) is 6.09. The Kier molecular flexibility index (Phi) is 4.26. The predicted octanol–water partition coefficient (Wildman–Crippen LogP) is 2.34. The highest BCUT2D eigenvalue weighted by molar-refractivity contribution is 7.08. The topological polar surface area (TPSA) is 48.2 Å². The molecule has 82 valence electrons. The minimum absolute atomic E-state index is 0.681. The van der Waals surface area contributed by atoms with Crippen molar-refractivity contribution in [1.29, 1.82) is 5.41 Å². The van der Waals surface area contributed by atoms with Crippen molar-refractivity contribution in [1.82, 2.24) is 5.32 Å². The van der Waals surface area contributed by atoms with Gasteiger partial charge in [-0.3, -0.25) is 10.4 Å². The number of nitrogens with zero attached hydrogens (tertiary/aromatic N) is 1. The summed E-state index contributed by atoms with van der Waals surface area (Å²) in [5.74, 6) is 0. The highest BCUT2D eigenvalue weighted by Crippen LogP contribution is 2.05. The summed E-state index contributed by atoms with van der Waals surface area (Å²) < 4.78 is 0. The van der Waals surface area contributed by atoms with Crippen LogP contribution in [0, 0.1) is 5.41 Å². The zero-order chi connectivity index (χ0) is 11.6. The highest BCUT2D eigenvalue weighted by atomic mass is 28.3. The Morgan fingerprint density at radius 3 is 1.64 bits per heavy atom. The maximum atomic E-state index is 7.95. The Morgan fingerprint density at radius 1 is 1.00 bits per heavy atom. The van der Waals surface area contributed by atoms with Crippen molar-refractivity contribution in [3.8, 4) is 0 Å². The van der Waals surface area contributed by atoms with Gasteiger partial charge in [-0.2, -0.15) is 0 Å². The van der Waals surface area contributed by atoms with Gasteiger partial charge in [-0.1, -0.05) is 39.3 Å². The fourth-order valence-electron chi connectivity index (χ4n) is 0.885. The van der Waals surface area contributed by atoms with Crippen LogP contribution in [0.25, 0.3) is 0 Å². The number of hydrogen-bond donors (Lipinski definition) is 2. The first-order valence-electron chi connectivity index (χ1n) is 4.92. The van der Waals surface area contributed by atoms with Gasteiger partial charge in [-0.25, -0.2) is 0 Å². The molecular weight excluding hydrogens is 206 g/mol. The molecule has 0 atom stereocenters. The predicted molar refractivity (Wildman–Crippen MR) is 70.9 cm³/mol. The van der Waals surface area contributed by atoms with E-state index in [1.54, 1.807) is 7.05 Å². The monoisotopic (exact) mass is 229 g/mol. The molecule has 0 fully saturated rings. The second kappa shape index (κ2) is 4.40. The van der Waals surface area contributed by atoms with Gasteiger partial charge in [0.1, 0.15) is 16.1 Å². The van der Waals surface area contributed by atoms with Crippen molar-refractivity contribution in [3.05, 3.63) is 0 Å². The van der Waals surface area contributed by atoms with Gasteiger partial charge in [0.05, 0.1) is 10.9 Å². The molecule has 0 saturated carbocycles. The fourth-order valence-corrected chi connectivity index (χ4v) is 2.67. The Hall–Kier alpha value is -0.426. The van der Waals surface area contributed by atoms with Crippen molar-refractivity contribution in [2.75, 3.05) is 7.05 Å². The highest BCUT2D eigenvalue weighted by Gasteiger charge is 2.26. The number of amidine groups is 2. The third-order valence-corrected chi connectivity index (χ3v) is 5.32. The van der Waals surface area contributed by atoms with Gasteiger partial charge in [-0.05, 0) is 0 Å². The second-order valence-corrected chi connectivity index (χ2v) is 15.5. The molecule has 0 rings (SSSR count). The van der Waals surface area contributed by atoms with E-state index in [9.17, 15) is 0 Å². The SMILES string of the molecule is CN=C(NC(=N)[Si](C)(C)C)[Si](C)(C)C. The van der Waals surface area contributed by atoms with Crippen LogP contribution in [-0.4, -0.2) is 34.1 Å². The summed E-state index contributed by atoms with van der Waals surface area (Å²) in [5, 5.41) is 11.1. The zero-order valence-corrected chi connectivity index (χ0v) is 12.4. The van der Waals surface area contributed by atoms with Crippen molar-refractivity contribution in [3.63, 3.8) is 0 Å². The molecule has 0 unspecified atom stereocenters. The molecule has 0 aromatic rings. The third-order valence-electron chi connectivity index (χ3n) is 1.93. The Morgan fingerprint density at radius 2 is 1.43 bits per heavy atom. The minimum Gasteiger partial charge on any atom is -0.341 e. The molecule has 0 aromatic heterocycles. The smallest absolute Gasteiger partial charge is 0.122 e. The van der Waals surface area contributed by atoms with Gasteiger partial charge in [0.25, 0.3) is 0 Å². The second-order valence-electron chi connectivity index (χ2n) is 5.57. The van der Waals surface area contributed by atoms with Gasteiger partial charge in [0.2, 0.25) is 0 Å².